The average molecular weight is 484 g/mol. The third-order valence-corrected chi connectivity index (χ3v) is 7.70. The summed E-state index contributed by atoms with van der Waals surface area (Å²) in [4.78, 5) is 16.8. The van der Waals surface area contributed by atoms with Gasteiger partial charge in [-0.25, -0.2) is 4.39 Å². The minimum absolute atomic E-state index is 0.00129. The third kappa shape index (κ3) is 3.99. The highest BCUT2D eigenvalue weighted by atomic mass is 32.2. The van der Waals surface area contributed by atoms with Gasteiger partial charge in [-0.15, -0.1) is 0 Å². The molecule has 1 amide bonds. The molecule has 0 aromatic heterocycles. The lowest BCUT2D eigenvalue weighted by Crippen LogP contribution is -2.50. The van der Waals surface area contributed by atoms with Gasteiger partial charge in [0.1, 0.15) is 0 Å². The highest BCUT2D eigenvalue weighted by molar-refractivity contribution is 7.99. The number of benzene rings is 1. The van der Waals surface area contributed by atoms with Gasteiger partial charge in [0.2, 0.25) is 5.91 Å². The molecule has 2 saturated heterocycles. The Morgan fingerprint density at radius 1 is 0.969 bits per heavy atom. The molecule has 1 aliphatic carbocycles. The molecule has 0 N–H and O–H groups in total. The van der Waals surface area contributed by atoms with E-state index in [0.717, 1.165) is 24.6 Å². The molecule has 178 valence electrons. The van der Waals surface area contributed by atoms with Crippen LogP contribution < -0.4 is 0 Å². The van der Waals surface area contributed by atoms with Crippen molar-refractivity contribution in [2.45, 2.75) is 49.2 Å². The molecular formula is C21H23F7N2OS. The Morgan fingerprint density at radius 3 is 2.25 bits per heavy atom. The van der Waals surface area contributed by atoms with Crippen LogP contribution in [0.2, 0.25) is 0 Å². The first-order valence-electron chi connectivity index (χ1n) is 10.5. The van der Waals surface area contributed by atoms with Crippen LogP contribution in [0.4, 0.5) is 30.7 Å². The van der Waals surface area contributed by atoms with Gasteiger partial charge >= 0.3 is 18.0 Å². The Morgan fingerprint density at radius 2 is 1.62 bits per heavy atom. The minimum Gasteiger partial charge on any atom is -0.338 e. The second kappa shape index (κ2) is 8.38. The number of halogens is 7. The van der Waals surface area contributed by atoms with Crippen molar-refractivity contribution in [2.75, 3.05) is 37.7 Å². The highest BCUT2D eigenvalue weighted by Gasteiger charge is 2.73. The summed E-state index contributed by atoms with van der Waals surface area (Å²) in [5.41, 5.74) is -5.96. The molecule has 3 aliphatic rings. The number of carbonyl (C=O) groups is 1. The number of rotatable bonds is 3. The largest absolute Gasteiger partial charge is 0.435 e. The van der Waals surface area contributed by atoms with E-state index in [1.54, 1.807) is 4.90 Å². The van der Waals surface area contributed by atoms with Crippen LogP contribution in [0.5, 0.6) is 0 Å². The number of hydrogen-bond donors (Lipinski definition) is 0. The van der Waals surface area contributed by atoms with Crippen molar-refractivity contribution in [3.8, 4) is 0 Å². The lowest BCUT2D eigenvalue weighted by atomic mass is 9.77. The van der Waals surface area contributed by atoms with Crippen molar-refractivity contribution < 1.29 is 35.5 Å². The molecule has 2 heterocycles. The number of carbonyl (C=O) groups excluding carboxylic acids is 1. The Hall–Kier alpha value is -1.49. The molecule has 2 atom stereocenters. The topological polar surface area (TPSA) is 23.6 Å². The molecule has 0 radical (unpaired) electrons. The number of thioether (sulfide) groups is 1. The van der Waals surface area contributed by atoms with Gasteiger partial charge < -0.3 is 4.90 Å². The molecule has 4 rings (SSSR count). The number of hydrogen-bond acceptors (Lipinski definition) is 3. The minimum atomic E-state index is -6.12. The van der Waals surface area contributed by atoms with E-state index in [0.29, 0.717) is 49.2 Å². The summed E-state index contributed by atoms with van der Waals surface area (Å²) in [6.45, 7) is 2.49. The van der Waals surface area contributed by atoms with Crippen molar-refractivity contribution in [3.05, 3.63) is 34.9 Å². The molecule has 0 spiro atoms. The van der Waals surface area contributed by atoms with Crippen molar-refractivity contribution in [2.24, 2.45) is 0 Å². The zero-order chi connectivity index (χ0) is 23.3. The van der Waals surface area contributed by atoms with Crippen LogP contribution in [0.25, 0.3) is 0 Å². The van der Waals surface area contributed by atoms with Crippen LogP contribution >= 0.6 is 11.8 Å². The van der Waals surface area contributed by atoms with E-state index in [4.69, 9.17) is 0 Å². The quantitative estimate of drug-likeness (QED) is 0.584. The lowest BCUT2D eigenvalue weighted by molar-refractivity contribution is -0.348. The van der Waals surface area contributed by atoms with Crippen LogP contribution in [0, 0.1) is 0 Å². The molecule has 32 heavy (non-hydrogen) atoms. The Kier molecular flexibility index (Phi) is 6.19. The fourth-order valence-electron chi connectivity index (χ4n) is 5.11. The zero-order valence-corrected chi connectivity index (χ0v) is 17.9. The summed E-state index contributed by atoms with van der Waals surface area (Å²) in [5, 5.41) is 0. The summed E-state index contributed by atoms with van der Waals surface area (Å²) < 4.78 is 93.2. The van der Waals surface area contributed by atoms with Gasteiger partial charge in [0.15, 0.2) is 0 Å². The maximum Gasteiger partial charge on any atom is 0.435 e. The van der Waals surface area contributed by atoms with Crippen LogP contribution in [0.1, 0.15) is 35.4 Å². The van der Waals surface area contributed by atoms with E-state index in [9.17, 15) is 35.5 Å². The summed E-state index contributed by atoms with van der Waals surface area (Å²) >= 11 is 1.84. The molecule has 1 aromatic carbocycles. The summed E-state index contributed by atoms with van der Waals surface area (Å²) in [6, 6.07) is 2.35. The summed E-state index contributed by atoms with van der Waals surface area (Å²) in [6.07, 6.45) is -11.0. The standard InChI is InChI=1S/C21H23F7N2OS/c22-19(20(23,24)25,21(26,27)28)14-2-3-15-13(11-14)1-4-17-16(15)5-6-30(17)18(31)12-29-7-9-32-10-8-29/h2-3,11,16-17H,1,4-10,12H2. The first-order valence-corrected chi connectivity index (χ1v) is 11.6. The van der Waals surface area contributed by atoms with E-state index in [2.05, 4.69) is 4.90 Å². The monoisotopic (exact) mass is 484 g/mol. The molecule has 1 aromatic rings. The Balaban J connectivity index is 1.55. The molecule has 0 bridgehead atoms. The molecule has 2 aliphatic heterocycles. The molecule has 0 saturated carbocycles. The first-order chi connectivity index (χ1) is 14.9. The molecule has 11 heteroatoms. The van der Waals surface area contributed by atoms with Gasteiger partial charge in [0.05, 0.1) is 6.54 Å². The number of aryl methyl sites for hydroxylation is 1. The second-order valence-electron chi connectivity index (χ2n) is 8.54. The molecular weight excluding hydrogens is 461 g/mol. The van der Waals surface area contributed by atoms with Crippen molar-refractivity contribution >= 4 is 17.7 Å². The predicted octanol–water partition coefficient (Wildman–Crippen LogP) is 4.66. The van der Waals surface area contributed by atoms with Crippen LogP contribution in [-0.4, -0.2) is 71.8 Å². The fourth-order valence-corrected chi connectivity index (χ4v) is 6.09. The van der Waals surface area contributed by atoms with E-state index in [1.807, 2.05) is 11.8 Å². The van der Waals surface area contributed by atoms with E-state index in [-0.39, 0.29) is 24.3 Å². The van der Waals surface area contributed by atoms with Gasteiger partial charge in [-0.3, -0.25) is 9.69 Å². The van der Waals surface area contributed by atoms with E-state index < -0.39 is 23.6 Å². The first kappa shape index (κ1) is 23.7. The third-order valence-electron chi connectivity index (χ3n) is 6.76. The lowest BCUT2D eigenvalue weighted by Gasteiger charge is -2.36. The number of alkyl halides is 7. The maximum absolute atomic E-state index is 14.5. The van der Waals surface area contributed by atoms with Crippen LogP contribution in [-0.2, 0) is 16.9 Å². The molecule has 3 nitrogen and oxygen atoms in total. The number of nitrogens with zero attached hydrogens (tertiary/aromatic N) is 2. The molecule has 2 fully saturated rings. The van der Waals surface area contributed by atoms with Gasteiger partial charge in [0, 0.05) is 48.7 Å². The fraction of sp³-hybridized carbons (Fsp3) is 0.667. The smallest absolute Gasteiger partial charge is 0.338 e. The van der Waals surface area contributed by atoms with Crippen molar-refractivity contribution in [1.82, 2.24) is 9.80 Å². The summed E-state index contributed by atoms with van der Waals surface area (Å²) in [7, 11) is 0. The van der Waals surface area contributed by atoms with Crippen molar-refractivity contribution in [1.29, 1.82) is 0 Å². The SMILES string of the molecule is O=C(CN1CCSCC1)N1CCC2c3ccc(C(F)(C(F)(F)F)C(F)(F)F)cc3CCC21. The van der Waals surface area contributed by atoms with E-state index in [1.165, 1.54) is 6.07 Å². The van der Waals surface area contributed by atoms with Gasteiger partial charge in [-0.1, -0.05) is 18.2 Å². The van der Waals surface area contributed by atoms with Crippen LogP contribution in [0.15, 0.2) is 18.2 Å². The summed E-state index contributed by atoms with van der Waals surface area (Å²) in [5.74, 6) is 1.78. The maximum atomic E-state index is 14.5. The van der Waals surface area contributed by atoms with Gasteiger partial charge in [0.25, 0.3) is 0 Å². The number of amides is 1. The Labute approximate surface area is 185 Å². The van der Waals surface area contributed by atoms with Crippen LogP contribution in [0.3, 0.4) is 0 Å². The number of fused-ring (bicyclic) bond motifs is 3. The highest BCUT2D eigenvalue weighted by Crippen LogP contribution is 2.54. The van der Waals surface area contributed by atoms with Gasteiger partial charge in [-0.2, -0.15) is 38.1 Å². The predicted molar refractivity (Wildman–Crippen MR) is 106 cm³/mol. The van der Waals surface area contributed by atoms with Gasteiger partial charge in [-0.05, 0) is 30.4 Å². The average Bonchev–Trinajstić information content (AvgIpc) is 3.16. The van der Waals surface area contributed by atoms with E-state index >= 15 is 0 Å². The van der Waals surface area contributed by atoms with Crippen molar-refractivity contribution in [3.63, 3.8) is 0 Å². The zero-order valence-electron chi connectivity index (χ0n) is 17.1. The Bertz CT molecular complexity index is 853. The normalized spacial score (nSPS) is 24.9. The molecule has 2 unspecified atom stereocenters. The second-order valence-corrected chi connectivity index (χ2v) is 9.77. The number of likely N-dealkylation sites (tertiary alicyclic amines) is 1.